The summed E-state index contributed by atoms with van der Waals surface area (Å²) in [5.41, 5.74) is 5.02. The standard InChI is InChI=1S/C20H22IN5O3S/c1-12(24-19(27)29-20(2,3)4)16-10-30-18(25-16)9-23-26-13-5-6-14(15(21)7-13)17-8-22-11-28-17/h5-12,26H,1-4H3,(H,24,27)/b23-9+. The number of carbonyl (C=O) groups excluding carboxylic acids is 1. The fourth-order valence-electron chi connectivity index (χ4n) is 2.41. The summed E-state index contributed by atoms with van der Waals surface area (Å²) in [7, 11) is 0. The summed E-state index contributed by atoms with van der Waals surface area (Å²) in [4.78, 5) is 20.3. The predicted octanol–water partition coefficient (Wildman–Crippen LogP) is 5.43. The number of benzene rings is 1. The van der Waals surface area contributed by atoms with Crippen molar-refractivity contribution in [3.8, 4) is 11.3 Å². The summed E-state index contributed by atoms with van der Waals surface area (Å²) >= 11 is 3.69. The first kappa shape index (κ1) is 22.2. The minimum Gasteiger partial charge on any atom is -0.444 e. The lowest BCUT2D eigenvalue weighted by atomic mass is 10.2. The Morgan fingerprint density at radius 2 is 2.20 bits per heavy atom. The average Bonchev–Trinajstić information content (AvgIpc) is 3.32. The predicted molar refractivity (Wildman–Crippen MR) is 126 cm³/mol. The van der Waals surface area contributed by atoms with Crippen LogP contribution in [0, 0.1) is 3.57 Å². The van der Waals surface area contributed by atoms with Crippen LogP contribution in [0.25, 0.3) is 11.3 Å². The number of anilines is 1. The smallest absolute Gasteiger partial charge is 0.408 e. The average molecular weight is 539 g/mol. The normalized spacial score (nSPS) is 12.7. The number of nitrogens with one attached hydrogen (secondary N) is 2. The highest BCUT2D eigenvalue weighted by Gasteiger charge is 2.19. The number of thiazole rings is 1. The molecule has 2 heterocycles. The molecule has 0 saturated carbocycles. The minimum absolute atomic E-state index is 0.267. The van der Waals surface area contributed by atoms with Crippen molar-refractivity contribution < 1.29 is 13.9 Å². The van der Waals surface area contributed by atoms with E-state index in [4.69, 9.17) is 9.15 Å². The third-order valence-electron chi connectivity index (χ3n) is 3.75. The highest BCUT2D eigenvalue weighted by atomic mass is 127. The molecule has 2 aromatic heterocycles. The lowest BCUT2D eigenvalue weighted by molar-refractivity contribution is 0.0507. The number of oxazole rings is 1. The minimum atomic E-state index is -0.541. The van der Waals surface area contributed by atoms with Gasteiger partial charge in [0.15, 0.2) is 12.2 Å². The van der Waals surface area contributed by atoms with Crippen molar-refractivity contribution >= 4 is 51.9 Å². The number of ether oxygens (including phenoxy) is 1. The summed E-state index contributed by atoms with van der Waals surface area (Å²) in [6.07, 6.45) is 4.27. The van der Waals surface area contributed by atoms with Crippen molar-refractivity contribution in [1.29, 1.82) is 0 Å². The van der Waals surface area contributed by atoms with Gasteiger partial charge in [0.2, 0.25) is 0 Å². The van der Waals surface area contributed by atoms with Crippen LogP contribution in [0.15, 0.2) is 45.7 Å². The highest BCUT2D eigenvalue weighted by molar-refractivity contribution is 14.1. The lowest BCUT2D eigenvalue weighted by Crippen LogP contribution is -2.34. The molecule has 8 nitrogen and oxygen atoms in total. The molecule has 30 heavy (non-hydrogen) atoms. The fourth-order valence-corrected chi connectivity index (χ4v) is 3.96. The Labute approximate surface area is 192 Å². The molecule has 1 unspecified atom stereocenters. The Balaban J connectivity index is 1.57. The van der Waals surface area contributed by atoms with Crippen LogP contribution in [0.3, 0.4) is 0 Å². The van der Waals surface area contributed by atoms with Gasteiger partial charge in [-0.25, -0.2) is 14.8 Å². The van der Waals surface area contributed by atoms with Gasteiger partial charge in [0.05, 0.1) is 29.8 Å². The van der Waals surface area contributed by atoms with E-state index in [2.05, 4.69) is 48.4 Å². The van der Waals surface area contributed by atoms with Crippen molar-refractivity contribution in [1.82, 2.24) is 15.3 Å². The van der Waals surface area contributed by atoms with Gasteiger partial charge in [-0.05, 0) is 68.5 Å². The van der Waals surface area contributed by atoms with E-state index in [1.807, 2.05) is 51.3 Å². The van der Waals surface area contributed by atoms with E-state index in [0.29, 0.717) is 0 Å². The van der Waals surface area contributed by atoms with Gasteiger partial charge >= 0.3 is 6.09 Å². The monoisotopic (exact) mass is 539 g/mol. The van der Waals surface area contributed by atoms with Gasteiger partial charge in [0, 0.05) is 14.5 Å². The van der Waals surface area contributed by atoms with Crippen molar-refractivity contribution in [2.24, 2.45) is 5.10 Å². The Morgan fingerprint density at radius 1 is 1.40 bits per heavy atom. The maximum Gasteiger partial charge on any atom is 0.408 e. The number of halogens is 1. The molecule has 0 saturated heterocycles. The molecular weight excluding hydrogens is 517 g/mol. The molecule has 0 aliphatic heterocycles. The first-order valence-electron chi connectivity index (χ1n) is 9.14. The number of nitrogens with zero attached hydrogens (tertiary/aromatic N) is 3. The van der Waals surface area contributed by atoms with Gasteiger partial charge in [0.25, 0.3) is 0 Å². The second kappa shape index (κ2) is 9.56. The highest BCUT2D eigenvalue weighted by Crippen LogP contribution is 2.27. The number of hydrogen-bond donors (Lipinski definition) is 2. The SMILES string of the molecule is CC(NC(=O)OC(C)(C)C)c1csc(/C=N/Nc2ccc(-c3cnco3)c(I)c2)n1. The topological polar surface area (TPSA) is 102 Å². The summed E-state index contributed by atoms with van der Waals surface area (Å²) in [6, 6.07) is 5.57. The van der Waals surface area contributed by atoms with Crippen LogP contribution in [0.2, 0.25) is 0 Å². The molecule has 10 heteroatoms. The molecule has 0 radical (unpaired) electrons. The Kier molecular flexibility index (Phi) is 7.08. The van der Waals surface area contributed by atoms with Gasteiger partial charge in [0.1, 0.15) is 10.6 Å². The maximum atomic E-state index is 11.9. The van der Waals surface area contributed by atoms with E-state index in [0.717, 1.165) is 31.3 Å². The lowest BCUT2D eigenvalue weighted by Gasteiger charge is -2.21. The largest absolute Gasteiger partial charge is 0.444 e. The zero-order valence-corrected chi connectivity index (χ0v) is 19.9. The molecule has 0 bridgehead atoms. The zero-order valence-electron chi connectivity index (χ0n) is 17.0. The fraction of sp³-hybridized carbons (Fsp3) is 0.300. The molecule has 1 aromatic carbocycles. The van der Waals surface area contributed by atoms with E-state index in [9.17, 15) is 4.79 Å². The van der Waals surface area contributed by atoms with E-state index >= 15 is 0 Å². The third-order valence-corrected chi connectivity index (χ3v) is 5.44. The summed E-state index contributed by atoms with van der Waals surface area (Å²) < 4.78 is 11.6. The molecule has 158 valence electrons. The quantitative estimate of drug-likeness (QED) is 0.246. The molecule has 3 aromatic rings. The van der Waals surface area contributed by atoms with Crippen LogP contribution in [0.4, 0.5) is 10.5 Å². The molecular formula is C20H22IN5O3S. The molecule has 0 aliphatic rings. The van der Waals surface area contributed by atoms with Crippen LogP contribution in [-0.2, 0) is 4.74 Å². The van der Waals surface area contributed by atoms with E-state index in [1.54, 1.807) is 12.4 Å². The van der Waals surface area contributed by atoms with Crippen molar-refractivity contribution in [3.05, 3.63) is 50.4 Å². The summed E-state index contributed by atoms with van der Waals surface area (Å²) in [5.74, 6) is 0.721. The molecule has 2 N–H and O–H groups in total. The van der Waals surface area contributed by atoms with Crippen molar-refractivity contribution in [3.63, 3.8) is 0 Å². The van der Waals surface area contributed by atoms with Gasteiger partial charge in [-0.1, -0.05) is 0 Å². The van der Waals surface area contributed by atoms with Crippen LogP contribution < -0.4 is 10.7 Å². The van der Waals surface area contributed by atoms with Gasteiger partial charge in [-0.2, -0.15) is 5.10 Å². The third kappa shape index (κ3) is 6.26. The van der Waals surface area contributed by atoms with Crippen molar-refractivity contribution in [2.75, 3.05) is 5.43 Å². The van der Waals surface area contributed by atoms with Gasteiger partial charge < -0.3 is 14.5 Å². The molecule has 0 fully saturated rings. The molecule has 1 amide bonds. The van der Waals surface area contributed by atoms with E-state index in [1.165, 1.54) is 17.7 Å². The van der Waals surface area contributed by atoms with Crippen LogP contribution >= 0.6 is 33.9 Å². The second-order valence-corrected chi connectivity index (χ2v) is 9.46. The van der Waals surface area contributed by atoms with Gasteiger partial charge in [-0.3, -0.25) is 5.43 Å². The first-order chi connectivity index (χ1) is 14.2. The number of aromatic nitrogens is 2. The number of rotatable bonds is 6. The van der Waals surface area contributed by atoms with E-state index < -0.39 is 11.7 Å². The summed E-state index contributed by atoms with van der Waals surface area (Å²) in [5, 5.41) is 9.64. The second-order valence-electron chi connectivity index (χ2n) is 7.41. The molecule has 0 spiro atoms. The van der Waals surface area contributed by atoms with Gasteiger partial charge in [-0.15, -0.1) is 11.3 Å². The number of hydrogen-bond acceptors (Lipinski definition) is 8. The molecule has 0 aliphatic carbocycles. The number of hydrazone groups is 1. The molecule has 1 atom stereocenters. The van der Waals surface area contributed by atoms with Crippen LogP contribution in [0.5, 0.6) is 0 Å². The Bertz CT molecular complexity index is 1030. The summed E-state index contributed by atoms with van der Waals surface area (Å²) in [6.45, 7) is 7.33. The first-order valence-corrected chi connectivity index (χ1v) is 11.1. The van der Waals surface area contributed by atoms with Crippen LogP contribution in [-0.4, -0.2) is 27.9 Å². The number of carbonyl (C=O) groups is 1. The van der Waals surface area contributed by atoms with Crippen molar-refractivity contribution in [2.45, 2.75) is 39.3 Å². The number of alkyl carbamates (subject to hydrolysis) is 1. The van der Waals surface area contributed by atoms with E-state index in [-0.39, 0.29) is 6.04 Å². The Hall–Kier alpha value is -2.47. The maximum absolute atomic E-state index is 11.9. The van der Waals surface area contributed by atoms with Crippen LogP contribution in [0.1, 0.15) is 44.4 Å². The number of amides is 1. The zero-order chi connectivity index (χ0) is 21.7. The Morgan fingerprint density at radius 3 is 2.87 bits per heavy atom. The molecule has 3 rings (SSSR count).